The van der Waals surface area contributed by atoms with Crippen LogP contribution in [0.3, 0.4) is 0 Å². The summed E-state index contributed by atoms with van der Waals surface area (Å²) in [7, 11) is 0. The zero-order valence-electron chi connectivity index (χ0n) is 14.3. The molecule has 1 aliphatic rings. The zero-order chi connectivity index (χ0) is 17.2. The molecule has 2 heterocycles. The van der Waals surface area contributed by atoms with Crippen molar-refractivity contribution in [2.24, 2.45) is 0 Å². The topological polar surface area (TPSA) is 72.7 Å². The molecule has 1 amide bonds. The van der Waals surface area contributed by atoms with Crippen LogP contribution in [0.4, 0.5) is 0 Å². The molecule has 0 atom stereocenters. The maximum Gasteiger partial charge on any atom is 0.241 e. The number of hydrogen-bond donors (Lipinski definition) is 1. The average Bonchev–Trinajstić information content (AvgIpc) is 3.23. The van der Waals surface area contributed by atoms with Gasteiger partial charge in [-0.3, -0.25) is 9.48 Å². The predicted molar refractivity (Wildman–Crippen MR) is 95.2 cm³/mol. The number of carbonyl (C=O) groups excluding carboxylic acids is 1. The fourth-order valence-electron chi connectivity index (χ4n) is 3.45. The van der Waals surface area contributed by atoms with Gasteiger partial charge in [0.15, 0.2) is 0 Å². The Labute approximate surface area is 146 Å². The normalized spacial score (nSPS) is 13.2. The van der Waals surface area contributed by atoms with Gasteiger partial charge in [-0.15, -0.1) is 0 Å². The first-order chi connectivity index (χ1) is 12.2. The number of carbonyl (C=O) groups is 1. The van der Waals surface area contributed by atoms with Crippen molar-refractivity contribution in [3.63, 3.8) is 0 Å². The highest BCUT2D eigenvalue weighted by Gasteiger charge is 2.16. The summed E-state index contributed by atoms with van der Waals surface area (Å²) in [4.78, 5) is 21.4. The molecule has 6 heteroatoms. The van der Waals surface area contributed by atoms with Gasteiger partial charge < -0.3 is 5.32 Å². The summed E-state index contributed by atoms with van der Waals surface area (Å²) in [5.74, 6) is 0.773. The molecule has 0 saturated carbocycles. The molecule has 6 nitrogen and oxygen atoms in total. The molecule has 1 aliphatic carbocycles. The second-order valence-corrected chi connectivity index (χ2v) is 6.47. The van der Waals surface area contributed by atoms with Crippen molar-refractivity contribution in [2.75, 3.05) is 6.54 Å². The van der Waals surface area contributed by atoms with Gasteiger partial charge in [-0.05, 0) is 37.8 Å². The SMILES string of the molecule is Cc1nc(CCNC(=O)Cn2ncc3ccccc32)nc2c1CCC2. The average molecular weight is 335 g/mol. The van der Waals surface area contributed by atoms with Crippen LogP contribution in [-0.2, 0) is 30.6 Å². The minimum atomic E-state index is -0.0493. The number of benzene rings is 1. The van der Waals surface area contributed by atoms with Crippen LogP contribution in [0.5, 0.6) is 0 Å². The van der Waals surface area contributed by atoms with Crippen LogP contribution < -0.4 is 5.32 Å². The van der Waals surface area contributed by atoms with E-state index in [0.29, 0.717) is 13.0 Å². The number of rotatable bonds is 5. The van der Waals surface area contributed by atoms with Crippen LogP contribution in [0.15, 0.2) is 30.5 Å². The largest absolute Gasteiger partial charge is 0.354 e. The highest BCUT2D eigenvalue weighted by atomic mass is 16.2. The van der Waals surface area contributed by atoms with Crippen LogP contribution >= 0.6 is 0 Å². The molecule has 4 rings (SSSR count). The minimum absolute atomic E-state index is 0.0493. The van der Waals surface area contributed by atoms with Crippen molar-refractivity contribution >= 4 is 16.8 Å². The summed E-state index contributed by atoms with van der Waals surface area (Å²) in [5, 5.41) is 8.26. The van der Waals surface area contributed by atoms with Gasteiger partial charge >= 0.3 is 0 Å². The molecule has 1 aromatic carbocycles. The van der Waals surface area contributed by atoms with Crippen molar-refractivity contribution < 1.29 is 4.79 Å². The van der Waals surface area contributed by atoms with E-state index in [2.05, 4.69) is 27.3 Å². The van der Waals surface area contributed by atoms with E-state index in [4.69, 9.17) is 0 Å². The number of hydrogen-bond acceptors (Lipinski definition) is 4. The second kappa shape index (κ2) is 6.63. The fourth-order valence-corrected chi connectivity index (χ4v) is 3.45. The maximum atomic E-state index is 12.2. The number of nitrogens with zero attached hydrogens (tertiary/aromatic N) is 4. The van der Waals surface area contributed by atoms with Crippen LogP contribution in [0.25, 0.3) is 10.9 Å². The van der Waals surface area contributed by atoms with Crippen LogP contribution in [0, 0.1) is 6.92 Å². The molecule has 0 fully saturated rings. The number of aryl methyl sites for hydroxylation is 2. The van der Waals surface area contributed by atoms with E-state index < -0.39 is 0 Å². The minimum Gasteiger partial charge on any atom is -0.354 e. The molecule has 0 radical (unpaired) electrons. The summed E-state index contributed by atoms with van der Waals surface area (Å²) in [6.45, 7) is 2.81. The van der Waals surface area contributed by atoms with Crippen LogP contribution in [0.1, 0.15) is 29.2 Å². The van der Waals surface area contributed by atoms with E-state index in [9.17, 15) is 4.79 Å². The molecular formula is C19H21N5O. The number of amides is 1. The van der Waals surface area contributed by atoms with E-state index in [1.807, 2.05) is 24.3 Å². The Bertz CT molecular complexity index is 931. The number of nitrogens with one attached hydrogen (secondary N) is 1. The second-order valence-electron chi connectivity index (χ2n) is 6.47. The quantitative estimate of drug-likeness (QED) is 0.774. The Morgan fingerprint density at radius 2 is 2.12 bits per heavy atom. The lowest BCUT2D eigenvalue weighted by molar-refractivity contribution is -0.121. The van der Waals surface area contributed by atoms with E-state index in [-0.39, 0.29) is 12.5 Å². The van der Waals surface area contributed by atoms with Gasteiger partial charge in [0.1, 0.15) is 12.4 Å². The third-order valence-corrected chi connectivity index (χ3v) is 4.70. The Kier molecular flexibility index (Phi) is 4.17. The van der Waals surface area contributed by atoms with Crippen molar-refractivity contribution in [3.05, 3.63) is 53.2 Å². The van der Waals surface area contributed by atoms with Crippen molar-refractivity contribution in [3.8, 4) is 0 Å². The van der Waals surface area contributed by atoms with Crippen molar-refractivity contribution in [2.45, 2.75) is 39.2 Å². The molecule has 0 spiro atoms. The summed E-state index contributed by atoms with van der Waals surface area (Å²) >= 11 is 0. The smallest absolute Gasteiger partial charge is 0.241 e. The van der Waals surface area contributed by atoms with E-state index in [1.165, 1.54) is 17.7 Å². The van der Waals surface area contributed by atoms with E-state index >= 15 is 0 Å². The van der Waals surface area contributed by atoms with Crippen LogP contribution in [-0.4, -0.2) is 32.2 Å². The standard InChI is InChI=1S/C19H21N5O/c1-13-15-6-4-7-16(15)23-18(22-13)9-10-20-19(25)12-24-17-8-3-2-5-14(17)11-21-24/h2-3,5,8,11H,4,6-7,9-10,12H2,1H3,(H,20,25). The predicted octanol–water partition coefficient (Wildman–Crippen LogP) is 1.98. The van der Waals surface area contributed by atoms with E-state index in [0.717, 1.165) is 35.3 Å². The lowest BCUT2D eigenvalue weighted by atomic mass is 10.2. The first kappa shape index (κ1) is 15.7. The lowest BCUT2D eigenvalue weighted by Crippen LogP contribution is -2.30. The maximum absolute atomic E-state index is 12.2. The summed E-state index contributed by atoms with van der Waals surface area (Å²) < 4.78 is 1.72. The van der Waals surface area contributed by atoms with Gasteiger partial charge in [0.2, 0.25) is 5.91 Å². The molecular weight excluding hydrogens is 314 g/mol. The van der Waals surface area contributed by atoms with Crippen LogP contribution in [0.2, 0.25) is 0 Å². The number of fused-ring (bicyclic) bond motifs is 2. The highest BCUT2D eigenvalue weighted by molar-refractivity contribution is 5.81. The monoisotopic (exact) mass is 335 g/mol. The fraction of sp³-hybridized carbons (Fsp3) is 0.368. The van der Waals surface area contributed by atoms with Gasteiger partial charge in [-0.25, -0.2) is 9.97 Å². The molecule has 0 unspecified atom stereocenters. The molecule has 25 heavy (non-hydrogen) atoms. The Hall–Kier alpha value is -2.76. The summed E-state index contributed by atoms with van der Waals surface area (Å²) in [6, 6.07) is 7.87. The van der Waals surface area contributed by atoms with E-state index in [1.54, 1.807) is 10.9 Å². The molecule has 0 bridgehead atoms. The molecule has 128 valence electrons. The Balaban J connectivity index is 1.34. The molecule has 0 aliphatic heterocycles. The first-order valence-corrected chi connectivity index (χ1v) is 8.73. The third kappa shape index (κ3) is 3.24. The molecule has 2 aromatic heterocycles. The number of para-hydroxylation sites is 1. The lowest BCUT2D eigenvalue weighted by Gasteiger charge is -2.08. The Morgan fingerprint density at radius 1 is 1.24 bits per heavy atom. The summed E-state index contributed by atoms with van der Waals surface area (Å²) in [5.41, 5.74) is 4.57. The third-order valence-electron chi connectivity index (χ3n) is 4.70. The van der Waals surface area contributed by atoms with Gasteiger partial charge in [0.05, 0.1) is 11.7 Å². The van der Waals surface area contributed by atoms with Crippen molar-refractivity contribution in [1.29, 1.82) is 0 Å². The molecule has 1 N–H and O–H groups in total. The first-order valence-electron chi connectivity index (χ1n) is 8.73. The van der Waals surface area contributed by atoms with Crippen molar-refractivity contribution in [1.82, 2.24) is 25.1 Å². The van der Waals surface area contributed by atoms with Gasteiger partial charge in [-0.1, -0.05) is 18.2 Å². The van der Waals surface area contributed by atoms with Gasteiger partial charge in [0.25, 0.3) is 0 Å². The van der Waals surface area contributed by atoms with Gasteiger partial charge in [0, 0.05) is 29.7 Å². The zero-order valence-corrected chi connectivity index (χ0v) is 14.3. The highest BCUT2D eigenvalue weighted by Crippen LogP contribution is 2.22. The molecule has 3 aromatic rings. The summed E-state index contributed by atoms with van der Waals surface area (Å²) in [6.07, 6.45) is 5.74. The number of aromatic nitrogens is 4. The van der Waals surface area contributed by atoms with Gasteiger partial charge in [-0.2, -0.15) is 5.10 Å². The Morgan fingerprint density at radius 3 is 3.04 bits per heavy atom. The molecule has 0 saturated heterocycles.